The molecule has 0 fully saturated rings. The number of H-pyrrole nitrogens is 1. The molecular formula is C7H10N4O. The number of nitrogens with zero attached hydrogens (tertiary/aromatic N) is 2. The topological polar surface area (TPSA) is 61.0 Å². The lowest BCUT2D eigenvalue weighted by Gasteiger charge is -2.10. The first-order valence-corrected chi connectivity index (χ1v) is 3.77. The summed E-state index contributed by atoms with van der Waals surface area (Å²) in [6.07, 6.45) is 1.41. The lowest BCUT2D eigenvalue weighted by atomic mass is 10.2. The normalized spacial score (nSPS) is 21.2. The number of aromatic nitrogens is 2. The van der Waals surface area contributed by atoms with Crippen LogP contribution in [0.4, 0.5) is 5.82 Å². The second-order valence-electron chi connectivity index (χ2n) is 2.88. The Bertz CT molecular complexity index is 359. The van der Waals surface area contributed by atoms with Crippen LogP contribution in [-0.4, -0.2) is 17.0 Å². The summed E-state index contributed by atoms with van der Waals surface area (Å²) in [5.41, 5.74) is 3.72. The lowest BCUT2D eigenvalue weighted by Crippen LogP contribution is -2.29. The summed E-state index contributed by atoms with van der Waals surface area (Å²) in [6.45, 7) is 1.93. The van der Waals surface area contributed by atoms with Crippen LogP contribution < -0.4 is 16.0 Å². The Kier molecular flexibility index (Phi) is 1.41. The van der Waals surface area contributed by atoms with Crippen LogP contribution in [0.1, 0.15) is 18.5 Å². The maximum atomic E-state index is 11.3. The highest BCUT2D eigenvalue weighted by atomic mass is 16.1. The zero-order valence-corrected chi connectivity index (χ0v) is 6.96. The second-order valence-corrected chi connectivity index (χ2v) is 2.88. The van der Waals surface area contributed by atoms with Gasteiger partial charge in [-0.25, -0.2) is 10.4 Å². The van der Waals surface area contributed by atoms with E-state index < -0.39 is 0 Å². The monoisotopic (exact) mass is 166 g/mol. The quantitative estimate of drug-likeness (QED) is 0.559. The summed E-state index contributed by atoms with van der Waals surface area (Å²) in [6, 6.07) is 0.0439. The predicted octanol–water partition coefficient (Wildman–Crippen LogP) is -0.215. The molecule has 2 N–H and O–H groups in total. The molecule has 12 heavy (non-hydrogen) atoms. The van der Waals surface area contributed by atoms with Gasteiger partial charge in [-0.3, -0.25) is 9.80 Å². The standard InChI is InChI=1S/C7H10N4O/c1-4-5-6(11(2)10-4)8-3-9-7(5)12/h3-4,10H,1-2H3,(H,8,9,12). The maximum absolute atomic E-state index is 11.3. The molecule has 5 heteroatoms. The van der Waals surface area contributed by atoms with Crippen LogP contribution in [0.25, 0.3) is 0 Å². The van der Waals surface area contributed by atoms with Crippen LogP contribution in [0.15, 0.2) is 11.1 Å². The fourth-order valence-electron chi connectivity index (χ4n) is 1.47. The van der Waals surface area contributed by atoms with Gasteiger partial charge in [0.25, 0.3) is 5.56 Å². The van der Waals surface area contributed by atoms with Gasteiger partial charge in [0, 0.05) is 7.05 Å². The van der Waals surface area contributed by atoms with Crippen LogP contribution in [0.2, 0.25) is 0 Å². The molecule has 0 aromatic carbocycles. The molecule has 1 aliphatic rings. The van der Waals surface area contributed by atoms with Gasteiger partial charge in [0.15, 0.2) is 5.82 Å². The minimum absolute atomic E-state index is 0.0439. The molecule has 0 saturated heterocycles. The average Bonchev–Trinajstić information content (AvgIpc) is 2.29. The second kappa shape index (κ2) is 2.31. The Balaban J connectivity index is 2.67. The van der Waals surface area contributed by atoms with E-state index in [4.69, 9.17) is 0 Å². The fourth-order valence-corrected chi connectivity index (χ4v) is 1.47. The molecule has 1 unspecified atom stereocenters. The highest BCUT2D eigenvalue weighted by Gasteiger charge is 2.26. The molecule has 64 valence electrons. The number of anilines is 1. The van der Waals surface area contributed by atoms with Crippen LogP contribution in [0.3, 0.4) is 0 Å². The summed E-state index contributed by atoms with van der Waals surface area (Å²) in [4.78, 5) is 17.9. The molecule has 0 radical (unpaired) electrons. The number of hydrogen-bond acceptors (Lipinski definition) is 4. The average molecular weight is 166 g/mol. The van der Waals surface area contributed by atoms with Crippen LogP contribution in [-0.2, 0) is 0 Å². The third kappa shape index (κ3) is 0.831. The van der Waals surface area contributed by atoms with E-state index in [9.17, 15) is 4.79 Å². The van der Waals surface area contributed by atoms with Crippen molar-refractivity contribution in [2.75, 3.05) is 12.1 Å². The molecule has 2 rings (SSSR count). The van der Waals surface area contributed by atoms with E-state index in [1.165, 1.54) is 6.33 Å². The summed E-state index contributed by atoms with van der Waals surface area (Å²) < 4.78 is 0. The third-order valence-electron chi connectivity index (χ3n) is 2.01. The molecule has 1 atom stereocenters. The molecule has 0 aliphatic carbocycles. The molecule has 1 aromatic heterocycles. The van der Waals surface area contributed by atoms with Gasteiger partial charge in [-0.1, -0.05) is 0 Å². The number of aromatic amines is 1. The Morgan fingerprint density at radius 1 is 1.67 bits per heavy atom. The van der Waals surface area contributed by atoms with Crippen molar-refractivity contribution in [3.05, 3.63) is 22.2 Å². The Morgan fingerprint density at radius 2 is 2.42 bits per heavy atom. The Morgan fingerprint density at radius 3 is 3.08 bits per heavy atom. The zero-order valence-electron chi connectivity index (χ0n) is 6.96. The van der Waals surface area contributed by atoms with Crippen molar-refractivity contribution in [1.29, 1.82) is 0 Å². The van der Waals surface area contributed by atoms with E-state index in [1.807, 2.05) is 14.0 Å². The van der Waals surface area contributed by atoms with E-state index in [-0.39, 0.29) is 11.6 Å². The third-order valence-corrected chi connectivity index (χ3v) is 2.01. The number of nitrogens with one attached hydrogen (secondary N) is 2. The first-order chi connectivity index (χ1) is 5.70. The van der Waals surface area contributed by atoms with Crippen LogP contribution in [0.5, 0.6) is 0 Å². The smallest absolute Gasteiger partial charge is 0.257 e. The maximum Gasteiger partial charge on any atom is 0.257 e. The lowest BCUT2D eigenvalue weighted by molar-refractivity contribution is 0.612. The summed E-state index contributed by atoms with van der Waals surface area (Å²) >= 11 is 0. The Labute approximate surface area is 69.4 Å². The molecular weight excluding hydrogens is 156 g/mol. The van der Waals surface area contributed by atoms with Gasteiger partial charge in [-0.05, 0) is 6.92 Å². The molecule has 0 amide bonds. The number of hydrazine groups is 1. The van der Waals surface area contributed by atoms with Gasteiger partial charge in [-0.2, -0.15) is 0 Å². The van der Waals surface area contributed by atoms with Crippen molar-refractivity contribution < 1.29 is 0 Å². The number of fused-ring (bicyclic) bond motifs is 1. The minimum atomic E-state index is -0.0654. The largest absolute Gasteiger partial charge is 0.313 e. The van der Waals surface area contributed by atoms with Crippen molar-refractivity contribution in [3.8, 4) is 0 Å². The first kappa shape index (κ1) is 7.30. The van der Waals surface area contributed by atoms with Gasteiger partial charge in [0.2, 0.25) is 0 Å². The number of rotatable bonds is 0. The highest BCUT2D eigenvalue weighted by molar-refractivity contribution is 5.49. The van der Waals surface area contributed by atoms with E-state index in [0.29, 0.717) is 11.4 Å². The Hall–Kier alpha value is -1.36. The number of hydrogen-bond donors (Lipinski definition) is 2. The molecule has 0 saturated carbocycles. The molecule has 5 nitrogen and oxygen atoms in total. The summed E-state index contributed by atoms with van der Waals surface area (Å²) in [5.74, 6) is 0.714. The van der Waals surface area contributed by atoms with E-state index in [1.54, 1.807) is 5.01 Å². The van der Waals surface area contributed by atoms with Gasteiger partial charge in [0.1, 0.15) is 0 Å². The molecule has 1 aliphatic heterocycles. The molecule has 0 spiro atoms. The summed E-state index contributed by atoms with van der Waals surface area (Å²) in [7, 11) is 1.84. The minimum Gasteiger partial charge on any atom is -0.313 e. The van der Waals surface area contributed by atoms with Crippen molar-refractivity contribution in [1.82, 2.24) is 15.4 Å². The van der Waals surface area contributed by atoms with Gasteiger partial charge in [-0.15, -0.1) is 0 Å². The van der Waals surface area contributed by atoms with Crippen LogP contribution in [0, 0.1) is 0 Å². The van der Waals surface area contributed by atoms with Crippen molar-refractivity contribution >= 4 is 5.82 Å². The first-order valence-electron chi connectivity index (χ1n) is 3.77. The zero-order chi connectivity index (χ0) is 8.72. The van der Waals surface area contributed by atoms with Crippen molar-refractivity contribution in [2.24, 2.45) is 0 Å². The van der Waals surface area contributed by atoms with Gasteiger partial charge >= 0.3 is 0 Å². The van der Waals surface area contributed by atoms with Gasteiger partial charge < -0.3 is 4.98 Å². The van der Waals surface area contributed by atoms with Gasteiger partial charge in [0.05, 0.1) is 17.9 Å². The van der Waals surface area contributed by atoms with E-state index >= 15 is 0 Å². The predicted molar refractivity (Wildman–Crippen MR) is 44.8 cm³/mol. The highest BCUT2D eigenvalue weighted by Crippen LogP contribution is 2.24. The molecule has 2 heterocycles. The fraction of sp³-hybridized carbons (Fsp3) is 0.429. The van der Waals surface area contributed by atoms with Crippen molar-refractivity contribution in [3.63, 3.8) is 0 Å². The van der Waals surface area contributed by atoms with Crippen molar-refractivity contribution in [2.45, 2.75) is 13.0 Å². The summed E-state index contributed by atoms with van der Waals surface area (Å²) in [5, 5.41) is 1.76. The molecule has 1 aromatic rings. The van der Waals surface area contributed by atoms with Crippen LogP contribution >= 0.6 is 0 Å². The SMILES string of the molecule is CC1NN(C)c2nc[nH]c(=O)c21. The van der Waals surface area contributed by atoms with E-state index in [0.717, 1.165) is 0 Å². The van der Waals surface area contributed by atoms with E-state index in [2.05, 4.69) is 15.4 Å². The molecule has 0 bridgehead atoms.